The zero-order valence-corrected chi connectivity index (χ0v) is 13.7. The first-order chi connectivity index (χ1) is 11.2. The van der Waals surface area contributed by atoms with Gasteiger partial charge in [0.15, 0.2) is 0 Å². The van der Waals surface area contributed by atoms with E-state index < -0.39 is 0 Å². The van der Waals surface area contributed by atoms with Gasteiger partial charge in [-0.05, 0) is 37.9 Å². The van der Waals surface area contributed by atoms with Gasteiger partial charge in [-0.1, -0.05) is 6.07 Å². The third kappa shape index (κ3) is 6.36. The Hall–Kier alpha value is -1.95. The quantitative estimate of drug-likeness (QED) is 0.771. The molecule has 1 amide bonds. The van der Waals surface area contributed by atoms with Crippen LogP contribution in [0.15, 0.2) is 24.4 Å². The van der Waals surface area contributed by atoms with Crippen LogP contribution in [-0.2, 0) is 20.9 Å². The summed E-state index contributed by atoms with van der Waals surface area (Å²) < 4.78 is 4.57. The molecule has 0 spiro atoms. The minimum absolute atomic E-state index is 0.0126. The Kier molecular flexibility index (Phi) is 7.00. The number of amides is 1. The van der Waals surface area contributed by atoms with Crippen molar-refractivity contribution in [2.75, 3.05) is 20.2 Å². The first-order valence-corrected chi connectivity index (χ1v) is 8.16. The molecule has 6 nitrogen and oxygen atoms in total. The van der Waals surface area contributed by atoms with Gasteiger partial charge < -0.3 is 10.1 Å². The summed E-state index contributed by atoms with van der Waals surface area (Å²) in [5, 5.41) is 3.07. The van der Waals surface area contributed by atoms with Crippen LogP contribution in [0.3, 0.4) is 0 Å². The Bertz CT molecular complexity index is 507. The van der Waals surface area contributed by atoms with Crippen molar-refractivity contribution >= 4 is 11.9 Å². The number of nitrogens with zero attached hydrogens (tertiary/aromatic N) is 2. The van der Waals surface area contributed by atoms with E-state index in [1.165, 1.54) is 7.11 Å². The Morgan fingerprint density at radius 2 is 2.26 bits per heavy atom. The number of methoxy groups -OCH3 is 1. The van der Waals surface area contributed by atoms with Crippen LogP contribution in [-0.4, -0.2) is 48.0 Å². The maximum absolute atomic E-state index is 12.0. The van der Waals surface area contributed by atoms with Crippen molar-refractivity contribution in [3.05, 3.63) is 30.1 Å². The fraction of sp³-hybridized carbons (Fsp3) is 0.588. The van der Waals surface area contributed by atoms with Gasteiger partial charge in [0.25, 0.3) is 0 Å². The molecular formula is C17H25N3O3. The second kappa shape index (κ2) is 9.25. The van der Waals surface area contributed by atoms with Crippen molar-refractivity contribution in [1.82, 2.24) is 15.2 Å². The second-order valence-corrected chi connectivity index (χ2v) is 5.89. The summed E-state index contributed by atoms with van der Waals surface area (Å²) in [5.41, 5.74) is 1.05. The smallest absolute Gasteiger partial charge is 0.305 e. The van der Waals surface area contributed by atoms with Gasteiger partial charge in [0.1, 0.15) is 0 Å². The van der Waals surface area contributed by atoms with E-state index in [4.69, 9.17) is 0 Å². The molecule has 6 heteroatoms. The zero-order valence-electron chi connectivity index (χ0n) is 13.7. The number of hydrogen-bond acceptors (Lipinski definition) is 5. The van der Waals surface area contributed by atoms with Crippen LogP contribution in [0.4, 0.5) is 0 Å². The lowest BCUT2D eigenvalue weighted by Crippen LogP contribution is -2.47. The molecule has 0 aliphatic carbocycles. The minimum atomic E-state index is -0.267. The maximum Gasteiger partial charge on any atom is 0.305 e. The van der Waals surface area contributed by atoms with Crippen molar-refractivity contribution in [3.63, 3.8) is 0 Å². The number of likely N-dealkylation sites (tertiary alicyclic amines) is 1. The van der Waals surface area contributed by atoms with Gasteiger partial charge in [0.05, 0.1) is 12.8 Å². The Balaban J connectivity index is 1.71. The van der Waals surface area contributed by atoms with Crippen molar-refractivity contribution in [3.8, 4) is 0 Å². The number of rotatable bonds is 7. The van der Waals surface area contributed by atoms with E-state index in [1.807, 2.05) is 18.2 Å². The van der Waals surface area contributed by atoms with E-state index in [1.54, 1.807) is 6.20 Å². The molecule has 1 aliphatic rings. The highest BCUT2D eigenvalue weighted by atomic mass is 16.5. The van der Waals surface area contributed by atoms with Gasteiger partial charge in [-0.3, -0.25) is 19.5 Å². The molecule has 0 saturated carbocycles. The van der Waals surface area contributed by atoms with Crippen LogP contribution in [0, 0.1) is 0 Å². The first kappa shape index (κ1) is 17.4. The lowest BCUT2D eigenvalue weighted by Gasteiger charge is -2.32. The molecule has 1 N–H and O–H groups in total. The normalized spacial score (nSPS) is 18.4. The van der Waals surface area contributed by atoms with Crippen LogP contribution < -0.4 is 5.32 Å². The predicted molar refractivity (Wildman–Crippen MR) is 86.5 cm³/mol. The number of pyridine rings is 1. The molecule has 0 bridgehead atoms. The molecule has 23 heavy (non-hydrogen) atoms. The van der Waals surface area contributed by atoms with E-state index in [0.717, 1.165) is 38.2 Å². The summed E-state index contributed by atoms with van der Waals surface area (Å²) in [6.45, 7) is 2.69. The summed E-state index contributed by atoms with van der Waals surface area (Å²) in [5.74, 6) is -0.254. The van der Waals surface area contributed by atoms with E-state index in [0.29, 0.717) is 19.3 Å². The highest BCUT2D eigenvalue weighted by Gasteiger charge is 2.21. The number of aromatic nitrogens is 1. The van der Waals surface area contributed by atoms with Crippen molar-refractivity contribution < 1.29 is 14.3 Å². The summed E-state index contributed by atoms with van der Waals surface area (Å²) in [6.07, 6.45) is 5.07. The molecule has 1 saturated heterocycles. The number of carbonyl (C=O) groups excluding carboxylic acids is 2. The first-order valence-electron chi connectivity index (χ1n) is 8.16. The van der Waals surface area contributed by atoms with Crippen molar-refractivity contribution in [2.24, 2.45) is 0 Å². The SMILES string of the molecule is COC(=O)CCCC(=O)N[C@@H]1CCCN(Cc2ccccn2)C1. The van der Waals surface area contributed by atoms with Gasteiger partial charge in [-0.25, -0.2) is 0 Å². The van der Waals surface area contributed by atoms with Gasteiger partial charge in [0, 0.05) is 38.2 Å². The van der Waals surface area contributed by atoms with Crippen molar-refractivity contribution in [2.45, 2.75) is 44.7 Å². The maximum atomic E-state index is 12.0. The lowest BCUT2D eigenvalue weighted by molar-refractivity contribution is -0.140. The van der Waals surface area contributed by atoms with Crippen LogP contribution in [0.1, 0.15) is 37.8 Å². The molecule has 1 aromatic heterocycles. The summed E-state index contributed by atoms with van der Waals surface area (Å²) in [7, 11) is 1.36. The van der Waals surface area contributed by atoms with E-state index in [9.17, 15) is 9.59 Å². The summed E-state index contributed by atoms with van der Waals surface area (Å²) >= 11 is 0. The second-order valence-electron chi connectivity index (χ2n) is 5.89. The standard InChI is InChI=1S/C17H25N3O3/c1-23-17(22)9-4-8-16(21)19-15-7-5-11-20(13-15)12-14-6-2-3-10-18-14/h2-3,6,10,15H,4-5,7-9,11-13H2,1H3,(H,19,21)/t15-/m1/s1. The molecule has 1 aromatic rings. The Morgan fingerprint density at radius 1 is 1.39 bits per heavy atom. The monoisotopic (exact) mass is 319 g/mol. The molecule has 2 rings (SSSR count). The lowest BCUT2D eigenvalue weighted by atomic mass is 10.0. The number of piperidine rings is 1. The largest absolute Gasteiger partial charge is 0.469 e. The van der Waals surface area contributed by atoms with E-state index >= 15 is 0 Å². The highest BCUT2D eigenvalue weighted by molar-refractivity contribution is 5.77. The number of ether oxygens (including phenoxy) is 1. The third-order valence-electron chi connectivity index (χ3n) is 3.99. The Labute approximate surface area is 137 Å². The molecule has 0 radical (unpaired) electrons. The molecule has 1 atom stereocenters. The third-order valence-corrected chi connectivity index (χ3v) is 3.99. The number of esters is 1. The molecule has 1 aliphatic heterocycles. The minimum Gasteiger partial charge on any atom is -0.469 e. The fourth-order valence-corrected chi connectivity index (χ4v) is 2.83. The van der Waals surface area contributed by atoms with Gasteiger partial charge in [-0.2, -0.15) is 0 Å². The fourth-order valence-electron chi connectivity index (χ4n) is 2.83. The highest BCUT2D eigenvalue weighted by Crippen LogP contribution is 2.13. The molecule has 1 fully saturated rings. The number of hydrogen-bond donors (Lipinski definition) is 1. The zero-order chi connectivity index (χ0) is 16.5. The number of carbonyl (C=O) groups is 2. The van der Waals surface area contributed by atoms with E-state index in [2.05, 4.69) is 19.9 Å². The molecule has 0 unspecified atom stereocenters. The molecular weight excluding hydrogens is 294 g/mol. The van der Waals surface area contributed by atoms with Crippen LogP contribution >= 0.6 is 0 Å². The van der Waals surface area contributed by atoms with Crippen molar-refractivity contribution in [1.29, 1.82) is 0 Å². The predicted octanol–water partition coefficient (Wildman–Crippen LogP) is 1.51. The number of nitrogens with one attached hydrogen (secondary N) is 1. The van der Waals surface area contributed by atoms with E-state index in [-0.39, 0.29) is 17.9 Å². The van der Waals surface area contributed by atoms with Gasteiger partial charge >= 0.3 is 5.97 Å². The van der Waals surface area contributed by atoms with Crippen LogP contribution in [0.2, 0.25) is 0 Å². The summed E-state index contributed by atoms with van der Waals surface area (Å²) in [4.78, 5) is 29.7. The van der Waals surface area contributed by atoms with Crippen LogP contribution in [0.5, 0.6) is 0 Å². The topological polar surface area (TPSA) is 71.5 Å². The van der Waals surface area contributed by atoms with Crippen LogP contribution in [0.25, 0.3) is 0 Å². The Morgan fingerprint density at radius 3 is 3.00 bits per heavy atom. The van der Waals surface area contributed by atoms with Gasteiger partial charge in [0.2, 0.25) is 5.91 Å². The van der Waals surface area contributed by atoms with Gasteiger partial charge in [-0.15, -0.1) is 0 Å². The average molecular weight is 319 g/mol. The molecule has 2 heterocycles. The summed E-state index contributed by atoms with van der Waals surface area (Å²) in [6, 6.07) is 6.11. The molecule has 0 aromatic carbocycles. The average Bonchev–Trinajstić information content (AvgIpc) is 2.56. The molecule has 126 valence electrons.